The highest BCUT2D eigenvalue weighted by Crippen LogP contribution is 2.14. The monoisotopic (exact) mass is 315 g/mol. The fourth-order valence-corrected chi connectivity index (χ4v) is 2.09. The van der Waals surface area contributed by atoms with E-state index in [1.807, 2.05) is 43.3 Å². The molecule has 5 heteroatoms. The smallest absolute Gasteiger partial charge is 0.262 e. The molecule has 0 aliphatic rings. The molecule has 0 aromatic heterocycles. The third kappa shape index (κ3) is 4.60. The number of hydrogen-bond acceptors (Lipinski definition) is 3. The van der Waals surface area contributed by atoms with Crippen molar-refractivity contribution in [2.24, 2.45) is 5.10 Å². The highest BCUT2D eigenvalue weighted by molar-refractivity contribution is 6.30. The van der Waals surface area contributed by atoms with Crippen LogP contribution in [0.25, 0.3) is 0 Å². The number of hydrogen-bond donors (Lipinski definition) is 2. The molecule has 1 atom stereocenters. The Morgan fingerprint density at radius 3 is 2.73 bits per heavy atom. The van der Waals surface area contributed by atoms with Crippen LogP contribution >= 0.6 is 11.6 Å². The molecule has 0 spiro atoms. The number of nitrogens with zero attached hydrogens (tertiary/aromatic N) is 1. The second-order valence-corrected chi connectivity index (χ2v) is 5.41. The van der Waals surface area contributed by atoms with Gasteiger partial charge in [-0.1, -0.05) is 41.9 Å². The average molecular weight is 316 g/mol. The molecule has 0 aliphatic heterocycles. The first-order valence-electron chi connectivity index (χ1n) is 6.97. The second-order valence-electron chi connectivity index (χ2n) is 4.97. The number of rotatable bonds is 5. The maximum atomic E-state index is 12.0. The van der Waals surface area contributed by atoms with E-state index in [0.717, 1.165) is 16.8 Å². The first-order valence-corrected chi connectivity index (χ1v) is 7.34. The van der Waals surface area contributed by atoms with Gasteiger partial charge < -0.3 is 5.32 Å². The lowest BCUT2D eigenvalue weighted by Gasteiger charge is -2.15. The molecule has 0 bridgehead atoms. The number of anilines is 1. The third-order valence-electron chi connectivity index (χ3n) is 3.15. The Morgan fingerprint density at radius 1 is 1.23 bits per heavy atom. The summed E-state index contributed by atoms with van der Waals surface area (Å²) in [5, 5.41) is 7.73. The minimum Gasteiger partial charge on any atom is -0.374 e. The Balaban J connectivity index is 1.90. The van der Waals surface area contributed by atoms with Crippen LogP contribution in [0.2, 0.25) is 5.02 Å². The van der Waals surface area contributed by atoms with E-state index in [9.17, 15) is 4.79 Å². The number of nitrogens with one attached hydrogen (secondary N) is 2. The summed E-state index contributed by atoms with van der Waals surface area (Å²) in [5.41, 5.74) is 5.36. The minimum atomic E-state index is -0.391. The van der Waals surface area contributed by atoms with E-state index in [-0.39, 0.29) is 5.91 Å². The van der Waals surface area contributed by atoms with Crippen molar-refractivity contribution < 1.29 is 4.79 Å². The molecule has 4 nitrogen and oxygen atoms in total. The molecule has 1 amide bonds. The van der Waals surface area contributed by atoms with E-state index in [2.05, 4.69) is 15.8 Å². The Morgan fingerprint density at radius 2 is 2.00 bits per heavy atom. The third-order valence-corrected chi connectivity index (χ3v) is 3.38. The number of amides is 1. The van der Waals surface area contributed by atoms with Crippen molar-refractivity contribution in [2.75, 3.05) is 5.32 Å². The van der Waals surface area contributed by atoms with Gasteiger partial charge in [0.2, 0.25) is 0 Å². The van der Waals surface area contributed by atoms with Gasteiger partial charge in [-0.25, -0.2) is 5.43 Å². The SMILES string of the molecule is Cc1ccccc1NC(C)C(=O)N/N=C/c1cccc(Cl)c1. The van der Waals surface area contributed by atoms with Crippen molar-refractivity contribution in [3.63, 3.8) is 0 Å². The van der Waals surface area contributed by atoms with E-state index in [1.54, 1.807) is 25.3 Å². The molecular weight excluding hydrogens is 298 g/mol. The Bertz CT molecular complexity index is 685. The number of carbonyl (C=O) groups is 1. The molecule has 0 radical (unpaired) electrons. The maximum Gasteiger partial charge on any atom is 0.262 e. The van der Waals surface area contributed by atoms with Crippen LogP contribution in [-0.2, 0) is 4.79 Å². The normalized spacial score (nSPS) is 12.1. The van der Waals surface area contributed by atoms with Crippen molar-refractivity contribution in [2.45, 2.75) is 19.9 Å². The largest absolute Gasteiger partial charge is 0.374 e. The zero-order valence-corrected chi connectivity index (χ0v) is 13.3. The number of carbonyl (C=O) groups excluding carboxylic acids is 1. The lowest BCUT2D eigenvalue weighted by atomic mass is 10.2. The highest BCUT2D eigenvalue weighted by Gasteiger charge is 2.12. The summed E-state index contributed by atoms with van der Waals surface area (Å²) in [5.74, 6) is -0.207. The van der Waals surface area contributed by atoms with Crippen LogP contribution in [0.3, 0.4) is 0 Å². The number of aryl methyl sites for hydroxylation is 1. The summed E-state index contributed by atoms with van der Waals surface area (Å²) in [7, 11) is 0. The summed E-state index contributed by atoms with van der Waals surface area (Å²) in [6.45, 7) is 3.78. The standard InChI is InChI=1S/C17H18ClN3O/c1-12-6-3-4-9-16(12)20-13(2)17(22)21-19-11-14-7-5-8-15(18)10-14/h3-11,13,20H,1-2H3,(H,21,22)/b19-11+. The molecule has 0 heterocycles. The highest BCUT2D eigenvalue weighted by atomic mass is 35.5. The van der Waals surface area contributed by atoms with Gasteiger partial charge in [0.15, 0.2) is 0 Å². The van der Waals surface area contributed by atoms with Gasteiger partial charge >= 0.3 is 0 Å². The van der Waals surface area contributed by atoms with Crippen LogP contribution in [0.4, 0.5) is 5.69 Å². The van der Waals surface area contributed by atoms with Crippen LogP contribution < -0.4 is 10.7 Å². The molecule has 2 aromatic carbocycles. The van der Waals surface area contributed by atoms with Gasteiger partial charge in [-0.05, 0) is 43.2 Å². The molecule has 0 fully saturated rings. The predicted molar refractivity (Wildman–Crippen MR) is 91.5 cm³/mol. The maximum absolute atomic E-state index is 12.0. The van der Waals surface area contributed by atoms with Gasteiger partial charge in [0.1, 0.15) is 6.04 Å². The summed E-state index contributed by atoms with van der Waals surface area (Å²) >= 11 is 5.88. The topological polar surface area (TPSA) is 53.5 Å². The van der Waals surface area contributed by atoms with E-state index in [0.29, 0.717) is 5.02 Å². The number of hydrazone groups is 1. The molecule has 22 heavy (non-hydrogen) atoms. The first-order chi connectivity index (χ1) is 10.6. The minimum absolute atomic E-state index is 0.207. The van der Waals surface area contributed by atoms with Crippen molar-refractivity contribution >= 4 is 29.4 Å². The molecule has 114 valence electrons. The van der Waals surface area contributed by atoms with Gasteiger partial charge in [-0.15, -0.1) is 0 Å². The lowest BCUT2D eigenvalue weighted by molar-refractivity contribution is -0.121. The van der Waals surface area contributed by atoms with E-state index in [4.69, 9.17) is 11.6 Å². The predicted octanol–water partition coefficient (Wildman–Crippen LogP) is 3.60. The fourth-order valence-electron chi connectivity index (χ4n) is 1.89. The second kappa shape index (κ2) is 7.61. The van der Waals surface area contributed by atoms with Crippen LogP contribution in [0.5, 0.6) is 0 Å². The van der Waals surface area contributed by atoms with Gasteiger partial charge in [0.05, 0.1) is 6.21 Å². The van der Waals surface area contributed by atoms with Crippen molar-refractivity contribution in [1.29, 1.82) is 0 Å². The molecule has 1 unspecified atom stereocenters. The van der Waals surface area contributed by atoms with Crippen molar-refractivity contribution in [1.82, 2.24) is 5.43 Å². The zero-order valence-electron chi connectivity index (χ0n) is 12.5. The quantitative estimate of drug-likeness (QED) is 0.654. The zero-order chi connectivity index (χ0) is 15.9. The van der Waals surface area contributed by atoms with Gasteiger partial charge in [0.25, 0.3) is 5.91 Å². The van der Waals surface area contributed by atoms with Crippen molar-refractivity contribution in [3.05, 3.63) is 64.7 Å². The summed E-state index contributed by atoms with van der Waals surface area (Å²) < 4.78 is 0. The van der Waals surface area contributed by atoms with E-state index >= 15 is 0 Å². The molecule has 0 saturated carbocycles. The molecule has 2 aromatic rings. The van der Waals surface area contributed by atoms with E-state index < -0.39 is 6.04 Å². The Kier molecular flexibility index (Phi) is 5.55. The van der Waals surface area contributed by atoms with Crippen molar-refractivity contribution in [3.8, 4) is 0 Å². The van der Waals surface area contributed by atoms with Gasteiger partial charge in [-0.3, -0.25) is 4.79 Å². The number of halogens is 1. The molecule has 2 N–H and O–H groups in total. The first kappa shape index (κ1) is 16.0. The van der Waals surface area contributed by atoms with Gasteiger partial charge in [0, 0.05) is 10.7 Å². The Hall–Kier alpha value is -2.33. The number of benzene rings is 2. The molecule has 0 saturated heterocycles. The summed E-state index contributed by atoms with van der Waals surface area (Å²) in [6.07, 6.45) is 1.56. The molecular formula is C17H18ClN3O. The number of para-hydroxylation sites is 1. The Labute approximate surface area is 135 Å². The lowest BCUT2D eigenvalue weighted by Crippen LogP contribution is -2.35. The molecule has 0 aliphatic carbocycles. The molecule has 2 rings (SSSR count). The fraction of sp³-hybridized carbons (Fsp3) is 0.176. The summed E-state index contributed by atoms with van der Waals surface area (Å²) in [4.78, 5) is 12.0. The van der Waals surface area contributed by atoms with Crippen LogP contribution in [0.15, 0.2) is 53.6 Å². The average Bonchev–Trinajstić information content (AvgIpc) is 2.49. The summed E-state index contributed by atoms with van der Waals surface area (Å²) in [6, 6.07) is 14.7. The van der Waals surface area contributed by atoms with Gasteiger partial charge in [-0.2, -0.15) is 5.10 Å². The van der Waals surface area contributed by atoms with Crippen LogP contribution in [-0.4, -0.2) is 18.2 Å². The van der Waals surface area contributed by atoms with E-state index in [1.165, 1.54) is 0 Å². The van der Waals surface area contributed by atoms with Crippen LogP contribution in [0, 0.1) is 6.92 Å². The van der Waals surface area contributed by atoms with Crippen LogP contribution in [0.1, 0.15) is 18.1 Å².